The van der Waals surface area contributed by atoms with E-state index in [4.69, 9.17) is 9.47 Å². The predicted octanol–water partition coefficient (Wildman–Crippen LogP) is 3.17. The number of rotatable bonds is 8. The molecule has 1 N–H and O–H groups in total. The van der Waals surface area contributed by atoms with E-state index in [1.54, 1.807) is 12.1 Å². The number of hydrogen-bond donors (Lipinski definition) is 1. The third-order valence-electron chi connectivity index (χ3n) is 3.03. The van der Waals surface area contributed by atoms with Gasteiger partial charge in [0, 0.05) is 0 Å². The molecule has 0 aliphatic heterocycles. The first-order valence-electron chi connectivity index (χ1n) is 8.10. The molecule has 6 nitrogen and oxygen atoms in total. The van der Waals surface area contributed by atoms with Crippen molar-refractivity contribution < 1.29 is 29.0 Å². The highest BCUT2D eigenvalue weighted by molar-refractivity contribution is 6.18. The molecule has 0 saturated heterocycles. The molecule has 0 spiro atoms. The summed E-state index contributed by atoms with van der Waals surface area (Å²) in [6, 6.07) is 6.09. The molecule has 0 fully saturated rings. The highest BCUT2D eigenvalue weighted by Crippen LogP contribution is 2.16. The van der Waals surface area contributed by atoms with Gasteiger partial charge in [-0.2, -0.15) is 0 Å². The van der Waals surface area contributed by atoms with Gasteiger partial charge in [0.25, 0.3) is 0 Å². The van der Waals surface area contributed by atoms with Crippen LogP contribution in [0.2, 0.25) is 0 Å². The minimum atomic E-state index is -1.16. The SMILES string of the molecule is CC(C)COC(=O)C(=Cc1ccccc1C(=O)O)C(=O)OCC(C)C. The van der Waals surface area contributed by atoms with Gasteiger partial charge in [-0.1, -0.05) is 45.9 Å². The van der Waals surface area contributed by atoms with Crippen molar-refractivity contribution in [2.75, 3.05) is 13.2 Å². The molecule has 0 radical (unpaired) electrons. The Morgan fingerprint density at radius 3 is 1.88 bits per heavy atom. The highest BCUT2D eigenvalue weighted by atomic mass is 16.6. The smallest absolute Gasteiger partial charge is 0.345 e. The number of carbonyl (C=O) groups excluding carboxylic acids is 2. The van der Waals surface area contributed by atoms with Crippen LogP contribution in [0.25, 0.3) is 6.08 Å². The van der Waals surface area contributed by atoms with Crippen LogP contribution in [0, 0.1) is 11.8 Å². The molecule has 0 saturated carbocycles. The van der Waals surface area contributed by atoms with E-state index < -0.39 is 17.9 Å². The first-order chi connectivity index (χ1) is 11.7. The molecule has 0 aliphatic rings. The summed E-state index contributed by atoms with van der Waals surface area (Å²) in [5, 5.41) is 9.25. The van der Waals surface area contributed by atoms with E-state index in [1.807, 2.05) is 27.7 Å². The number of ether oxygens (including phenoxy) is 2. The van der Waals surface area contributed by atoms with E-state index in [9.17, 15) is 19.5 Å². The van der Waals surface area contributed by atoms with E-state index in [-0.39, 0.29) is 41.7 Å². The standard InChI is InChI=1S/C19H24O6/c1-12(2)10-24-18(22)16(19(23)25-11-13(3)4)9-14-7-5-6-8-15(14)17(20)21/h5-9,12-13H,10-11H2,1-4H3,(H,20,21). The van der Waals surface area contributed by atoms with E-state index in [0.29, 0.717) is 0 Å². The van der Waals surface area contributed by atoms with Gasteiger partial charge in [-0.15, -0.1) is 0 Å². The van der Waals surface area contributed by atoms with Crippen LogP contribution in [0.4, 0.5) is 0 Å². The fourth-order valence-corrected chi connectivity index (χ4v) is 1.81. The molecule has 1 aromatic rings. The zero-order valence-corrected chi connectivity index (χ0v) is 14.9. The molecule has 6 heteroatoms. The summed E-state index contributed by atoms with van der Waals surface area (Å²) in [5.74, 6) is -2.62. The maximum Gasteiger partial charge on any atom is 0.345 e. The van der Waals surface area contributed by atoms with Crippen LogP contribution >= 0.6 is 0 Å². The lowest BCUT2D eigenvalue weighted by Crippen LogP contribution is -2.21. The Hall–Kier alpha value is -2.63. The van der Waals surface area contributed by atoms with Crippen molar-refractivity contribution in [3.05, 3.63) is 41.0 Å². The lowest BCUT2D eigenvalue weighted by molar-refractivity contribution is -0.148. The maximum absolute atomic E-state index is 12.3. The fourth-order valence-electron chi connectivity index (χ4n) is 1.81. The van der Waals surface area contributed by atoms with Gasteiger partial charge >= 0.3 is 17.9 Å². The molecule has 0 aromatic heterocycles. The van der Waals surface area contributed by atoms with E-state index in [0.717, 1.165) is 0 Å². The number of carboxylic acid groups (broad SMARTS) is 1. The average molecular weight is 348 g/mol. The van der Waals surface area contributed by atoms with Crippen LogP contribution in [0.15, 0.2) is 29.8 Å². The minimum absolute atomic E-state index is 0.0201. The number of benzene rings is 1. The number of carbonyl (C=O) groups is 3. The van der Waals surface area contributed by atoms with Gasteiger partial charge in [0.2, 0.25) is 0 Å². The molecule has 0 atom stereocenters. The van der Waals surface area contributed by atoms with Crippen molar-refractivity contribution in [1.82, 2.24) is 0 Å². The van der Waals surface area contributed by atoms with Crippen LogP contribution in [0.3, 0.4) is 0 Å². The maximum atomic E-state index is 12.3. The van der Waals surface area contributed by atoms with Crippen molar-refractivity contribution in [2.24, 2.45) is 11.8 Å². The lowest BCUT2D eigenvalue weighted by atomic mass is 10.0. The predicted molar refractivity (Wildman–Crippen MR) is 93.0 cm³/mol. The number of esters is 2. The zero-order chi connectivity index (χ0) is 19.0. The normalized spacial score (nSPS) is 10.5. The Bertz CT molecular complexity index is 632. The Labute approximate surface area is 147 Å². The van der Waals surface area contributed by atoms with Gasteiger partial charge in [0.15, 0.2) is 0 Å². The number of hydrogen-bond acceptors (Lipinski definition) is 5. The van der Waals surface area contributed by atoms with Gasteiger partial charge in [0.05, 0.1) is 18.8 Å². The van der Waals surface area contributed by atoms with Crippen molar-refractivity contribution in [3.8, 4) is 0 Å². The molecule has 0 aliphatic carbocycles. The Balaban J connectivity index is 3.19. The Kier molecular flexibility index (Phi) is 7.85. The third-order valence-corrected chi connectivity index (χ3v) is 3.03. The number of carboxylic acids is 1. The van der Waals surface area contributed by atoms with Gasteiger partial charge in [-0.05, 0) is 29.5 Å². The van der Waals surface area contributed by atoms with Crippen molar-refractivity contribution in [2.45, 2.75) is 27.7 Å². The van der Waals surface area contributed by atoms with Gasteiger partial charge in [0.1, 0.15) is 5.57 Å². The van der Waals surface area contributed by atoms with E-state index in [1.165, 1.54) is 18.2 Å². The molecule has 25 heavy (non-hydrogen) atoms. The molecule has 1 rings (SSSR count). The van der Waals surface area contributed by atoms with Crippen LogP contribution < -0.4 is 0 Å². The lowest BCUT2D eigenvalue weighted by Gasteiger charge is -2.12. The molecule has 0 heterocycles. The average Bonchev–Trinajstić information content (AvgIpc) is 2.55. The first kappa shape index (κ1) is 20.4. The van der Waals surface area contributed by atoms with Gasteiger partial charge < -0.3 is 14.6 Å². The minimum Gasteiger partial charge on any atom is -0.478 e. The van der Waals surface area contributed by atoms with Crippen molar-refractivity contribution >= 4 is 24.0 Å². The summed E-state index contributed by atoms with van der Waals surface area (Å²) in [7, 11) is 0. The molecule has 0 amide bonds. The molecule has 1 aromatic carbocycles. The van der Waals surface area contributed by atoms with Gasteiger partial charge in [-0.25, -0.2) is 14.4 Å². The second kappa shape index (κ2) is 9.61. The monoisotopic (exact) mass is 348 g/mol. The summed E-state index contributed by atoms with van der Waals surface area (Å²) < 4.78 is 10.2. The number of aromatic carboxylic acids is 1. The molecule has 0 bridgehead atoms. The quantitative estimate of drug-likeness (QED) is 0.336. The summed E-state index contributed by atoms with van der Waals surface area (Å²) in [6.45, 7) is 7.77. The van der Waals surface area contributed by atoms with E-state index >= 15 is 0 Å². The van der Waals surface area contributed by atoms with Crippen LogP contribution in [0.5, 0.6) is 0 Å². The largest absolute Gasteiger partial charge is 0.478 e. The van der Waals surface area contributed by atoms with Crippen molar-refractivity contribution in [1.29, 1.82) is 0 Å². The Morgan fingerprint density at radius 2 is 1.44 bits per heavy atom. The summed E-state index contributed by atoms with van der Waals surface area (Å²) in [4.78, 5) is 35.9. The van der Waals surface area contributed by atoms with Crippen molar-refractivity contribution in [3.63, 3.8) is 0 Å². The first-order valence-corrected chi connectivity index (χ1v) is 8.10. The molecular weight excluding hydrogens is 324 g/mol. The molecule has 0 unspecified atom stereocenters. The second-order valence-corrected chi connectivity index (χ2v) is 6.44. The Morgan fingerprint density at radius 1 is 0.960 bits per heavy atom. The van der Waals surface area contributed by atoms with E-state index in [2.05, 4.69) is 0 Å². The second-order valence-electron chi connectivity index (χ2n) is 6.44. The molecule has 136 valence electrons. The third kappa shape index (κ3) is 6.79. The summed E-state index contributed by atoms with van der Waals surface area (Å²) >= 11 is 0. The summed E-state index contributed by atoms with van der Waals surface area (Å²) in [5.41, 5.74) is -0.115. The van der Waals surface area contributed by atoms with Crippen LogP contribution in [-0.4, -0.2) is 36.2 Å². The van der Waals surface area contributed by atoms with Gasteiger partial charge in [-0.3, -0.25) is 0 Å². The zero-order valence-electron chi connectivity index (χ0n) is 14.9. The highest BCUT2D eigenvalue weighted by Gasteiger charge is 2.23. The summed E-state index contributed by atoms with van der Waals surface area (Å²) in [6.07, 6.45) is 1.20. The van der Waals surface area contributed by atoms with Crippen LogP contribution in [-0.2, 0) is 19.1 Å². The van der Waals surface area contributed by atoms with Crippen LogP contribution in [0.1, 0.15) is 43.6 Å². The fraction of sp³-hybridized carbons (Fsp3) is 0.421. The topological polar surface area (TPSA) is 89.9 Å². The molecular formula is C19H24O6.